The van der Waals surface area contributed by atoms with Gasteiger partial charge in [-0.05, 0) is 12.5 Å². The fourth-order valence-corrected chi connectivity index (χ4v) is 1.82. The Kier molecular flexibility index (Phi) is 5.27. The Labute approximate surface area is 107 Å². The molecule has 0 saturated carbocycles. The highest BCUT2D eigenvalue weighted by Gasteiger charge is 2.33. The van der Waals surface area contributed by atoms with E-state index in [0.29, 0.717) is 12.1 Å². The molecule has 5 nitrogen and oxygen atoms in total. The Morgan fingerprint density at radius 3 is 2.50 bits per heavy atom. The second-order valence-electron chi connectivity index (χ2n) is 4.34. The lowest BCUT2D eigenvalue weighted by Crippen LogP contribution is -2.49. The lowest BCUT2D eigenvalue weighted by molar-refractivity contribution is -0.261. The molecule has 1 unspecified atom stereocenters. The van der Waals surface area contributed by atoms with Gasteiger partial charge in [0, 0.05) is 19.9 Å². The number of oxime groups is 1. The third-order valence-electron chi connectivity index (χ3n) is 2.90. The molecular weight excluding hydrogens is 232 g/mol. The van der Waals surface area contributed by atoms with E-state index in [4.69, 9.17) is 10.0 Å². The monoisotopic (exact) mass is 252 g/mol. The molecule has 1 aromatic carbocycles. The number of hydrogen-bond donors (Lipinski definition) is 2. The van der Waals surface area contributed by atoms with Crippen molar-refractivity contribution in [3.63, 3.8) is 0 Å². The largest absolute Gasteiger partial charge is 0.411 e. The molecule has 0 amide bonds. The minimum atomic E-state index is -1.24. The first-order valence-electron chi connectivity index (χ1n) is 5.73. The molecule has 1 aromatic rings. The molecule has 0 fully saturated rings. The molecule has 1 rings (SSSR count). The van der Waals surface area contributed by atoms with Crippen molar-refractivity contribution in [3.05, 3.63) is 35.9 Å². The second-order valence-corrected chi connectivity index (χ2v) is 4.34. The Bertz CT molecular complexity index is 394. The van der Waals surface area contributed by atoms with Crippen molar-refractivity contribution in [2.75, 3.05) is 14.2 Å². The quantitative estimate of drug-likeness (QED) is 0.350. The van der Waals surface area contributed by atoms with Crippen molar-refractivity contribution < 1.29 is 15.2 Å². The summed E-state index contributed by atoms with van der Waals surface area (Å²) in [6.45, 7) is 1.65. The van der Waals surface area contributed by atoms with Crippen LogP contribution in [0.4, 0.5) is 0 Å². The van der Waals surface area contributed by atoms with E-state index in [2.05, 4.69) is 5.16 Å². The first-order valence-corrected chi connectivity index (χ1v) is 5.73. The fourth-order valence-electron chi connectivity index (χ4n) is 1.82. The van der Waals surface area contributed by atoms with Gasteiger partial charge in [0.25, 0.3) is 0 Å². The summed E-state index contributed by atoms with van der Waals surface area (Å²) in [6.07, 6.45) is 0.577. The van der Waals surface area contributed by atoms with E-state index in [1.807, 2.05) is 30.3 Å². The number of nitrogens with zero attached hydrogens (tertiary/aromatic N) is 2. The van der Waals surface area contributed by atoms with Gasteiger partial charge in [0.05, 0.1) is 12.8 Å². The molecule has 0 aliphatic carbocycles. The Morgan fingerprint density at radius 2 is 2.00 bits per heavy atom. The van der Waals surface area contributed by atoms with Gasteiger partial charge < -0.3 is 10.3 Å². The molecule has 0 aliphatic rings. The van der Waals surface area contributed by atoms with Gasteiger partial charge in [0.1, 0.15) is 5.72 Å². The zero-order valence-electron chi connectivity index (χ0n) is 11.0. The number of hydroxylamine groups is 2. The van der Waals surface area contributed by atoms with Crippen molar-refractivity contribution >= 4 is 5.71 Å². The van der Waals surface area contributed by atoms with E-state index in [0.717, 1.165) is 5.56 Å². The van der Waals surface area contributed by atoms with Crippen LogP contribution in [0.25, 0.3) is 0 Å². The van der Waals surface area contributed by atoms with Crippen LogP contribution in [-0.4, -0.2) is 41.0 Å². The zero-order chi connectivity index (χ0) is 13.6. The maximum atomic E-state index is 10.6. The topological polar surface area (TPSA) is 65.3 Å². The summed E-state index contributed by atoms with van der Waals surface area (Å²) in [5.74, 6) is 0. The summed E-state index contributed by atoms with van der Waals surface area (Å²) in [7, 11) is 3.13. The molecule has 0 aromatic heterocycles. The first-order chi connectivity index (χ1) is 8.51. The molecule has 0 heterocycles. The van der Waals surface area contributed by atoms with Gasteiger partial charge in [-0.25, -0.2) is 0 Å². The van der Waals surface area contributed by atoms with Gasteiger partial charge in [-0.1, -0.05) is 35.5 Å². The number of aliphatic hydroxyl groups is 1. The maximum Gasteiger partial charge on any atom is 0.149 e. The van der Waals surface area contributed by atoms with Crippen molar-refractivity contribution in [3.8, 4) is 0 Å². The predicted molar refractivity (Wildman–Crippen MR) is 69.4 cm³/mol. The lowest BCUT2D eigenvalue weighted by atomic mass is 9.97. The van der Waals surface area contributed by atoms with E-state index in [1.54, 1.807) is 14.0 Å². The lowest BCUT2D eigenvalue weighted by Gasteiger charge is -2.35. The standard InChI is InChI=1S/C13H20N2O3/c1-11(14-17)9-13(16,15(2)18-3)10-12-7-5-4-6-8-12/h4-8,16-17H,9-10H2,1-3H3/b14-11-. The van der Waals surface area contributed by atoms with E-state index in [-0.39, 0.29) is 6.42 Å². The molecule has 5 heteroatoms. The van der Waals surface area contributed by atoms with Gasteiger partial charge in [-0.15, -0.1) is 0 Å². The minimum absolute atomic E-state index is 0.197. The predicted octanol–water partition coefficient (Wildman–Crippen LogP) is 1.65. The summed E-state index contributed by atoms with van der Waals surface area (Å²) >= 11 is 0. The van der Waals surface area contributed by atoms with Gasteiger partial charge in [-0.3, -0.25) is 4.84 Å². The minimum Gasteiger partial charge on any atom is -0.411 e. The fraction of sp³-hybridized carbons (Fsp3) is 0.462. The van der Waals surface area contributed by atoms with E-state index in [1.165, 1.54) is 12.2 Å². The van der Waals surface area contributed by atoms with Crippen LogP contribution < -0.4 is 0 Å². The van der Waals surface area contributed by atoms with Gasteiger partial charge >= 0.3 is 0 Å². The second kappa shape index (κ2) is 6.49. The molecule has 1 atom stereocenters. The molecule has 0 aliphatic heterocycles. The number of hydrogen-bond acceptors (Lipinski definition) is 5. The summed E-state index contributed by atoms with van der Waals surface area (Å²) in [6, 6.07) is 9.61. The molecule has 2 N–H and O–H groups in total. The third-order valence-corrected chi connectivity index (χ3v) is 2.90. The van der Waals surface area contributed by atoms with Crippen molar-refractivity contribution in [2.45, 2.75) is 25.5 Å². The Morgan fingerprint density at radius 1 is 1.39 bits per heavy atom. The summed E-state index contributed by atoms with van der Waals surface area (Å²) in [5, 5.41) is 23.9. The highest BCUT2D eigenvalue weighted by atomic mass is 16.7. The van der Waals surface area contributed by atoms with E-state index < -0.39 is 5.72 Å². The van der Waals surface area contributed by atoms with Gasteiger partial charge in [-0.2, -0.15) is 5.06 Å². The van der Waals surface area contributed by atoms with Crippen LogP contribution in [0.3, 0.4) is 0 Å². The van der Waals surface area contributed by atoms with Crippen molar-refractivity contribution in [1.29, 1.82) is 0 Å². The van der Waals surface area contributed by atoms with Crippen LogP contribution in [0, 0.1) is 0 Å². The van der Waals surface area contributed by atoms with Crippen LogP contribution in [0.5, 0.6) is 0 Å². The molecule has 0 radical (unpaired) electrons. The average molecular weight is 252 g/mol. The molecule has 100 valence electrons. The summed E-state index contributed by atoms with van der Waals surface area (Å²) < 4.78 is 0. The average Bonchev–Trinajstić information content (AvgIpc) is 2.38. The third kappa shape index (κ3) is 3.80. The number of benzene rings is 1. The molecular formula is C13H20N2O3. The Hall–Kier alpha value is -1.43. The highest BCUT2D eigenvalue weighted by Crippen LogP contribution is 2.22. The number of likely N-dealkylation sites (N-methyl/N-ethyl adjacent to an activating group) is 1. The summed E-state index contributed by atoms with van der Waals surface area (Å²) in [5.41, 5.74) is 0.179. The maximum absolute atomic E-state index is 10.6. The van der Waals surface area contributed by atoms with Gasteiger partial charge in [0.2, 0.25) is 0 Å². The molecule has 0 spiro atoms. The van der Waals surface area contributed by atoms with Gasteiger partial charge in [0.15, 0.2) is 0 Å². The number of rotatable bonds is 6. The molecule has 0 saturated heterocycles. The Balaban J connectivity index is 2.91. The normalized spacial score (nSPS) is 15.7. The first kappa shape index (κ1) is 14.6. The smallest absolute Gasteiger partial charge is 0.149 e. The zero-order valence-corrected chi connectivity index (χ0v) is 11.0. The van der Waals surface area contributed by atoms with Crippen LogP contribution in [-0.2, 0) is 11.3 Å². The van der Waals surface area contributed by atoms with Crippen LogP contribution in [0.2, 0.25) is 0 Å². The highest BCUT2D eigenvalue weighted by molar-refractivity contribution is 5.82. The van der Waals surface area contributed by atoms with Crippen molar-refractivity contribution in [2.24, 2.45) is 5.16 Å². The van der Waals surface area contributed by atoms with Crippen LogP contribution in [0.15, 0.2) is 35.5 Å². The van der Waals surface area contributed by atoms with Crippen molar-refractivity contribution in [1.82, 2.24) is 5.06 Å². The van der Waals surface area contributed by atoms with Crippen LogP contribution >= 0.6 is 0 Å². The SMILES string of the molecule is CON(C)C(O)(C/C(C)=N\O)Cc1ccccc1. The molecule has 0 bridgehead atoms. The van der Waals surface area contributed by atoms with E-state index in [9.17, 15) is 5.11 Å². The van der Waals surface area contributed by atoms with E-state index >= 15 is 0 Å². The van der Waals surface area contributed by atoms with Crippen LogP contribution in [0.1, 0.15) is 18.9 Å². The summed E-state index contributed by atoms with van der Waals surface area (Å²) in [4.78, 5) is 5.08. The molecule has 18 heavy (non-hydrogen) atoms.